The summed E-state index contributed by atoms with van der Waals surface area (Å²) >= 11 is 0. The SMILES string of the molecule is Cc1cc(C2=CC3(C2)CN(C(=O)OC(C)(C)C)C3)n(-c2ccccc2C)n1. The molecule has 1 aliphatic heterocycles. The van der Waals surface area contributed by atoms with E-state index < -0.39 is 5.60 Å². The molecule has 2 aromatic rings. The fourth-order valence-electron chi connectivity index (χ4n) is 3.97. The number of hydrogen-bond acceptors (Lipinski definition) is 3. The van der Waals surface area contributed by atoms with Crippen molar-refractivity contribution < 1.29 is 9.53 Å². The number of para-hydroxylation sites is 1. The molecule has 142 valence electrons. The Kier molecular flexibility index (Phi) is 3.95. The molecule has 1 aliphatic carbocycles. The summed E-state index contributed by atoms with van der Waals surface area (Å²) in [5.74, 6) is 0. The number of aromatic nitrogens is 2. The van der Waals surface area contributed by atoms with Gasteiger partial charge in [-0.3, -0.25) is 0 Å². The number of carbonyl (C=O) groups excluding carboxylic acids is 1. The Morgan fingerprint density at radius 1 is 1.19 bits per heavy atom. The Labute approximate surface area is 160 Å². The van der Waals surface area contributed by atoms with Gasteiger partial charge in [-0.15, -0.1) is 0 Å². The van der Waals surface area contributed by atoms with Crippen LogP contribution in [0.4, 0.5) is 4.79 Å². The molecule has 0 saturated carbocycles. The van der Waals surface area contributed by atoms with Gasteiger partial charge in [0.25, 0.3) is 0 Å². The third kappa shape index (κ3) is 3.27. The number of likely N-dealkylation sites (tertiary alicyclic amines) is 1. The van der Waals surface area contributed by atoms with Crippen LogP contribution in [-0.4, -0.2) is 39.5 Å². The third-order valence-electron chi connectivity index (χ3n) is 5.19. The lowest BCUT2D eigenvalue weighted by atomic mass is 9.65. The molecule has 0 atom stereocenters. The first-order chi connectivity index (χ1) is 12.7. The van der Waals surface area contributed by atoms with Crippen LogP contribution in [0.3, 0.4) is 0 Å². The van der Waals surface area contributed by atoms with Gasteiger partial charge in [-0.25, -0.2) is 9.48 Å². The lowest BCUT2D eigenvalue weighted by Gasteiger charge is -2.53. The molecule has 1 spiro atoms. The highest BCUT2D eigenvalue weighted by Gasteiger charge is 2.50. The molecule has 5 heteroatoms. The van der Waals surface area contributed by atoms with Gasteiger partial charge >= 0.3 is 6.09 Å². The molecule has 1 fully saturated rings. The van der Waals surface area contributed by atoms with Crippen molar-refractivity contribution in [3.8, 4) is 5.69 Å². The van der Waals surface area contributed by atoms with E-state index in [0.29, 0.717) is 0 Å². The van der Waals surface area contributed by atoms with Crippen LogP contribution in [0.5, 0.6) is 0 Å². The minimum absolute atomic E-state index is 0.112. The van der Waals surface area contributed by atoms with Crippen molar-refractivity contribution in [2.24, 2.45) is 5.41 Å². The normalized spacial score (nSPS) is 18.0. The highest BCUT2D eigenvalue weighted by atomic mass is 16.6. The summed E-state index contributed by atoms with van der Waals surface area (Å²) in [4.78, 5) is 14.0. The summed E-state index contributed by atoms with van der Waals surface area (Å²) in [6.07, 6.45) is 3.08. The second-order valence-corrected chi connectivity index (χ2v) is 8.91. The van der Waals surface area contributed by atoms with Crippen LogP contribution in [0.15, 0.2) is 36.4 Å². The van der Waals surface area contributed by atoms with E-state index in [0.717, 1.165) is 36.6 Å². The Hall–Kier alpha value is -2.56. The van der Waals surface area contributed by atoms with Gasteiger partial charge in [0.1, 0.15) is 5.60 Å². The molecule has 1 aromatic carbocycles. The van der Waals surface area contributed by atoms with Crippen molar-refractivity contribution in [1.29, 1.82) is 0 Å². The quantitative estimate of drug-likeness (QED) is 0.786. The van der Waals surface area contributed by atoms with Crippen LogP contribution in [0.2, 0.25) is 0 Å². The Morgan fingerprint density at radius 3 is 2.48 bits per heavy atom. The number of aryl methyl sites for hydroxylation is 2. The average Bonchev–Trinajstić information content (AvgIpc) is 2.84. The molecular weight excluding hydrogens is 338 g/mol. The monoisotopic (exact) mass is 365 g/mol. The molecule has 1 aromatic heterocycles. The van der Waals surface area contributed by atoms with E-state index in [1.54, 1.807) is 4.90 Å². The molecule has 1 amide bonds. The number of benzene rings is 1. The zero-order chi connectivity index (χ0) is 19.4. The first-order valence-corrected chi connectivity index (χ1v) is 9.49. The van der Waals surface area contributed by atoms with Crippen LogP contribution in [0, 0.1) is 19.3 Å². The number of carbonyl (C=O) groups is 1. The van der Waals surface area contributed by atoms with Crippen LogP contribution in [0.1, 0.15) is 44.1 Å². The van der Waals surface area contributed by atoms with E-state index in [9.17, 15) is 4.79 Å². The molecule has 2 heterocycles. The van der Waals surface area contributed by atoms with Crippen molar-refractivity contribution in [2.75, 3.05) is 13.1 Å². The second-order valence-electron chi connectivity index (χ2n) is 8.91. The highest BCUT2D eigenvalue weighted by Crippen LogP contribution is 2.50. The van der Waals surface area contributed by atoms with E-state index in [4.69, 9.17) is 9.84 Å². The van der Waals surface area contributed by atoms with Gasteiger partial charge in [-0.2, -0.15) is 5.10 Å². The fourth-order valence-corrected chi connectivity index (χ4v) is 3.97. The predicted octanol–water partition coefficient (Wildman–Crippen LogP) is 4.51. The van der Waals surface area contributed by atoms with Gasteiger partial charge in [-0.05, 0) is 64.3 Å². The Balaban J connectivity index is 1.51. The smallest absolute Gasteiger partial charge is 0.410 e. The lowest BCUT2D eigenvalue weighted by molar-refractivity contribution is -0.0208. The largest absolute Gasteiger partial charge is 0.444 e. The van der Waals surface area contributed by atoms with Gasteiger partial charge in [0, 0.05) is 18.5 Å². The van der Waals surface area contributed by atoms with Gasteiger partial charge < -0.3 is 9.64 Å². The number of ether oxygens (including phenoxy) is 1. The zero-order valence-corrected chi connectivity index (χ0v) is 16.7. The maximum absolute atomic E-state index is 12.2. The summed E-state index contributed by atoms with van der Waals surface area (Å²) in [5.41, 5.74) is 5.46. The summed E-state index contributed by atoms with van der Waals surface area (Å²) in [6.45, 7) is 11.3. The summed E-state index contributed by atoms with van der Waals surface area (Å²) in [7, 11) is 0. The van der Waals surface area contributed by atoms with Crippen LogP contribution in [-0.2, 0) is 4.74 Å². The Morgan fingerprint density at radius 2 is 1.85 bits per heavy atom. The van der Waals surface area contributed by atoms with Gasteiger partial charge in [-0.1, -0.05) is 24.3 Å². The summed E-state index contributed by atoms with van der Waals surface area (Å²) < 4.78 is 7.51. The van der Waals surface area contributed by atoms with Crippen molar-refractivity contribution in [1.82, 2.24) is 14.7 Å². The minimum atomic E-state index is -0.446. The number of allylic oxidation sites excluding steroid dienone is 1. The van der Waals surface area contributed by atoms with Crippen LogP contribution >= 0.6 is 0 Å². The Bertz CT molecular complexity index is 927. The number of hydrogen-bond donors (Lipinski definition) is 0. The topological polar surface area (TPSA) is 47.4 Å². The van der Waals surface area contributed by atoms with Crippen molar-refractivity contribution >= 4 is 11.7 Å². The first-order valence-electron chi connectivity index (χ1n) is 9.49. The third-order valence-corrected chi connectivity index (χ3v) is 5.19. The number of amides is 1. The van der Waals surface area contributed by atoms with E-state index in [1.807, 2.05) is 44.5 Å². The van der Waals surface area contributed by atoms with E-state index in [-0.39, 0.29) is 11.5 Å². The summed E-state index contributed by atoms with van der Waals surface area (Å²) in [5, 5.41) is 4.71. The van der Waals surface area contributed by atoms with E-state index in [2.05, 4.69) is 31.2 Å². The molecular formula is C22H27N3O2. The van der Waals surface area contributed by atoms with Crippen molar-refractivity contribution in [2.45, 2.75) is 46.6 Å². The zero-order valence-electron chi connectivity index (χ0n) is 16.7. The van der Waals surface area contributed by atoms with Crippen LogP contribution < -0.4 is 0 Å². The standard InChI is InChI=1S/C22H27N3O2/c1-15-8-6-7-9-18(15)25-19(10-16(2)23-25)17-11-22(12-17)13-24(14-22)20(26)27-21(3,4)5/h6-11H,12-14H2,1-5H3. The molecule has 0 radical (unpaired) electrons. The van der Waals surface area contributed by atoms with E-state index in [1.165, 1.54) is 11.1 Å². The molecule has 5 nitrogen and oxygen atoms in total. The lowest BCUT2D eigenvalue weighted by Crippen LogP contribution is -2.60. The molecule has 27 heavy (non-hydrogen) atoms. The number of nitrogens with zero attached hydrogens (tertiary/aromatic N) is 3. The van der Waals surface area contributed by atoms with Gasteiger partial charge in [0.15, 0.2) is 0 Å². The molecule has 0 bridgehead atoms. The molecule has 0 N–H and O–H groups in total. The number of rotatable bonds is 2. The molecule has 0 unspecified atom stereocenters. The molecule has 4 rings (SSSR count). The van der Waals surface area contributed by atoms with Gasteiger partial charge in [0.2, 0.25) is 0 Å². The maximum Gasteiger partial charge on any atom is 0.410 e. The molecule has 2 aliphatic rings. The minimum Gasteiger partial charge on any atom is -0.444 e. The average molecular weight is 365 g/mol. The maximum atomic E-state index is 12.2. The fraction of sp³-hybridized carbons (Fsp3) is 0.455. The van der Waals surface area contributed by atoms with Crippen molar-refractivity contribution in [3.05, 3.63) is 53.4 Å². The second kappa shape index (κ2) is 5.98. The highest BCUT2D eigenvalue weighted by molar-refractivity contribution is 5.76. The van der Waals surface area contributed by atoms with Crippen LogP contribution in [0.25, 0.3) is 11.3 Å². The molecule has 1 saturated heterocycles. The first kappa shape index (κ1) is 17.8. The van der Waals surface area contributed by atoms with E-state index >= 15 is 0 Å². The van der Waals surface area contributed by atoms with Gasteiger partial charge in [0.05, 0.1) is 17.1 Å². The summed E-state index contributed by atoms with van der Waals surface area (Å²) in [6, 6.07) is 10.5. The predicted molar refractivity (Wildman–Crippen MR) is 106 cm³/mol. The van der Waals surface area contributed by atoms with Crippen molar-refractivity contribution in [3.63, 3.8) is 0 Å².